The number of rotatable bonds is 36. The largest absolute Gasteiger partial charge is 0.464 e. The molecule has 1 atom stereocenters. The third kappa shape index (κ3) is 21.9. The van der Waals surface area contributed by atoms with Crippen LogP contribution in [-0.2, 0) is 57.0 Å². The number of carbonyl (C=O) groups is 4. The van der Waals surface area contributed by atoms with Gasteiger partial charge in [-0.05, 0) is 115 Å². The molecule has 0 heterocycles. The van der Waals surface area contributed by atoms with E-state index in [0.29, 0.717) is 124 Å². The van der Waals surface area contributed by atoms with E-state index >= 15 is 0 Å². The molecule has 1 fully saturated rings. The summed E-state index contributed by atoms with van der Waals surface area (Å²) < 4.78 is 50.4. The summed E-state index contributed by atoms with van der Waals surface area (Å²) in [6.45, 7) is 19.4. The number of hydrogen-bond acceptors (Lipinski definition) is 15. The van der Waals surface area contributed by atoms with Crippen LogP contribution in [0.5, 0.6) is 0 Å². The van der Waals surface area contributed by atoms with Crippen LogP contribution < -0.4 is 16.0 Å². The number of ether oxygens (including phenoxy) is 9. The van der Waals surface area contributed by atoms with Crippen molar-refractivity contribution in [3.05, 3.63) is 59.7 Å². The Morgan fingerprint density at radius 3 is 1.61 bits per heavy atom. The van der Waals surface area contributed by atoms with E-state index in [-0.39, 0.29) is 30.7 Å². The number of nitrogens with one attached hydrogen (secondary N) is 3. The maximum Gasteiger partial charge on any atom is 0.408 e. The summed E-state index contributed by atoms with van der Waals surface area (Å²) in [6, 6.07) is 15.8. The zero-order valence-electron chi connectivity index (χ0n) is 42.6. The standard InChI is InChI=1S/C53H83N3O13/c1-51(2,3)69-50(60)56-46(48(58)67-38-40-16-8-9-17-40)22-14-15-24-54-52(4,5)47(57)23-26-61-28-30-63-32-34-65-36-37-66-35-33-64-31-29-62-27-25-55-53(6,7)49(59)68-39-45-43-20-12-10-18-41(43)42-19-11-13-21-44(42)45/h10-13,18-21,40,45-46,54-55H,8-9,14-17,22-39H2,1-7H3,(H,56,60). The second-order valence-corrected chi connectivity index (χ2v) is 19.8. The molecule has 1 unspecified atom stereocenters. The summed E-state index contributed by atoms with van der Waals surface area (Å²) in [6.07, 6.45) is 5.80. The van der Waals surface area contributed by atoms with Crippen LogP contribution >= 0.6 is 0 Å². The predicted molar refractivity (Wildman–Crippen MR) is 263 cm³/mol. The van der Waals surface area contributed by atoms with Gasteiger partial charge in [-0.1, -0.05) is 61.4 Å². The van der Waals surface area contributed by atoms with Crippen molar-refractivity contribution in [2.24, 2.45) is 5.92 Å². The molecule has 1 amide bonds. The second kappa shape index (κ2) is 30.7. The van der Waals surface area contributed by atoms with Gasteiger partial charge in [0, 0.05) is 18.9 Å². The van der Waals surface area contributed by atoms with Crippen molar-refractivity contribution >= 4 is 23.8 Å². The van der Waals surface area contributed by atoms with E-state index in [2.05, 4.69) is 40.2 Å². The molecule has 69 heavy (non-hydrogen) atoms. The summed E-state index contributed by atoms with van der Waals surface area (Å²) in [5, 5.41) is 9.26. The molecule has 2 aliphatic rings. The number of Topliss-reactive ketones (excluding diaryl/α,β-unsaturated/α-hetero) is 1. The Labute approximate surface area is 411 Å². The molecule has 388 valence electrons. The first-order chi connectivity index (χ1) is 33.1. The van der Waals surface area contributed by atoms with Gasteiger partial charge in [-0.25, -0.2) is 9.59 Å². The van der Waals surface area contributed by atoms with Crippen molar-refractivity contribution in [2.45, 2.75) is 128 Å². The SMILES string of the molecule is CC(C)(C)OC(=O)NC(CCCCNC(C)(C)C(=O)CCOCCOCCOCCOCCOCCOCCNC(C)(C)C(=O)OCC1c2ccccc2-c2ccccc21)C(=O)OCC1CCCC1. The maximum absolute atomic E-state index is 13.0. The van der Waals surface area contributed by atoms with E-state index in [1.165, 1.54) is 22.3 Å². The first-order valence-electron chi connectivity index (χ1n) is 25.1. The lowest BCUT2D eigenvalue weighted by molar-refractivity contribution is -0.150. The van der Waals surface area contributed by atoms with Crippen LogP contribution in [0.3, 0.4) is 0 Å². The minimum atomic E-state index is -0.860. The number of esters is 2. The van der Waals surface area contributed by atoms with Gasteiger partial charge in [0.1, 0.15) is 23.8 Å². The molecule has 2 aromatic carbocycles. The molecule has 0 radical (unpaired) electrons. The first kappa shape index (κ1) is 57.6. The third-order valence-corrected chi connectivity index (χ3v) is 12.1. The lowest BCUT2D eigenvalue weighted by Crippen LogP contribution is -2.49. The van der Waals surface area contributed by atoms with Crippen LogP contribution in [0.25, 0.3) is 11.1 Å². The molecule has 1 saturated carbocycles. The van der Waals surface area contributed by atoms with Crippen LogP contribution in [0, 0.1) is 5.92 Å². The highest BCUT2D eigenvalue weighted by Crippen LogP contribution is 2.44. The van der Waals surface area contributed by atoms with E-state index in [1.807, 2.05) is 52.0 Å². The van der Waals surface area contributed by atoms with Gasteiger partial charge in [-0.15, -0.1) is 0 Å². The quantitative estimate of drug-likeness (QED) is 0.0362. The van der Waals surface area contributed by atoms with Gasteiger partial charge in [0.25, 0.3) is 0 Å². The Balaban J connectivity index is 0.897. The Kier molecular flexibility index (Phi) is 25.6. The van der Waals surface area contributed by atoms with Gasteiger partial charge < -0.3 is 58.6 Å². The number of ketones is 1. The molecule has 2 aliphatic carbocycles. The molecule has 0 saturated heterocycles. The van der Waals surface area contributed by atoms with Gasteiger partial charge in [0.15, 0.2) is 5.78 Å². The van der Waals surface area contributed by atoms with E-state index in [0.717, 1.165) is 25.7 Å². The smallest absolute Gasteiger partial charge is 0.408 e. The molecule has 0 bridgehead atoms. The Bertz CT molecular complexity index is 1780. The van der Waals surface area contributed by atoms with Crippen molar-refractivity contribution in [2.75, 3.05) is 106 Å². The summed E-state index contributed by atoms with van der Waals surface area (Å²) in [5.41, 5.74) is 2.49. The fraction of sp³-hybridized carbons (Fsp3) is 0.698. The number of amides is 1. The molecule has 16 nitrogen and oxygen atoms in total. The molecule has 16 heteroatoms. The molecular weight excluding hydrogens is 887 g/mol. The van der Waals surface area contributed by atoms with Crippen LogP contribution in [0.1, 0.15) is 117 Å². The predicted octanol–water partition coefficient (Wildman–Crippen LogP) is 6.93. The van der Waals surface area contributed by atoms with Crippen molar-refractivity contribution in [1.29, 1.82) is 0 Å². The normalized spacial score (nSPS) is 14.6. The number of hydrogen-bond donors (Lipinski definition) is 3. The monoisotopic (exact) mass is 970 g/mol. The van der Waals surface area contributed by atoms with E-state index in [4.69, 9.17) is 42.6 Å². The van der Waals surface area contributed by atoms with Gasteiger partial charge in [0.2, 0.25) is 0 Å². The average Bonchev–Trinajstić information content (AvgIpc) is 3.95. The molecule has 0 aromatic heterocycles. The van der Waals surface area contributed by atoms with E-state index < -0.39 is 34.8 Å². The van der Waals surface area contributed by atoms with Crippen molar-refractivity contribution < 1.29 is 61.8 Å². The van der Waals surface area contributed by atoms with Gasteiger partial charge >= 0.3 is 18.0 Å². The Morgan fingerprint density at radius 2 is 1.07 bits per heavy atom. The van der Waals surface area contributed by atoms with Crippen LogP contribution in [0.2, 0.25) is 0 Å². The highest BCUT2D eigenvalue weighted by atomic mass is 16.6. The number of fused-ring (bicyclic) bond motifs is 3. The maximum atomic E-state index is 13.0. The molecule has 0 aliphatic heterocycles. The lowest BCUT2D eigenvalue weighted by atomic mass is 9.96. The number of benzene rings is 2. The topological polar surface area (TPSA) is 187 Å². The van der Waals surface area contributed by atoms with E-state index in [9.17, 15) is 19.2 Å². The zero-order valence-corrected chi connectivity index (χ0v) is 42.6. The fourth-order valence-corrected chi connectivity index (χ4v) is 8.11. The summed E-state index contributed by atoms with van der Waals surface area (Å²) in [7, 11) is 0. The Hall–Kier alpha value is -4.00. The zero-order chi connectivity index (χ0) is 50.0. The third-order valence-electron chi connectivity index (χ3n) is 12.1. The first-order valence-corrected chi connectivity index (χ1v) is 25.1. The molecule has 2 aromatic rings. The van der Waals surface area contributed by atoms with Crippen LogP contribution in [0.4, 0.5) is 4.79 Å². The number of alkyl carbamates (subject to hydrolysis) is 1. The summed E-state index contributed by atoms with van der Waals surface area (Å²) in [5.74, 6) is -0.293. The summed E-state index contributed by atoms with van der Waals surface area (Å²) >= 11 is 0. The lowest BCUT2D eigenvalue weighted by Gasteiger charge is -2.25. The average molecular weight is 970 g/mol. The minimum absolute atomic E-state index is 0.0212. The highest BCUT2D eigenvalue weighted by molar-refractivity contribution is 5.87. The molecule has 3 N–H and O–H groups in total. The molecule has 0 spiro atoms. The number of carbonyl (C=O) groups excluding carboxylic acids is 4. The van der Waals surface area contributed by atoms with Crippen molar-refractivity contribution in [3.8, 4) is 11.1 Å². The fourth-order valence-electron chi connectivity index (χ4n) is 8.11. The molecule has 4 rings (SSSR count). The van der Waals surface area contributed by atoms with E-state index in [1.54, 1.807) is 20.8 Å². The van der Waals surface area contributed by atoms with Crippen LogP contribution in [-0.4, -0.2) is 152 Å². The highest BCUT2D eigenvalue weighted by Gasteiger charge is 2.33. The molecular formula is C53H83N3O13. The number of unbranched alkanes of at least 4 members (excludes halogenated alkanes) is 1. The Morgan fingerprint density at radius 1 is 0.580 bits per heavy atom. The van der Waals surface area contributed by atoms with Gasteiger partial charge in [0.05, 0.1) is 91.4 Å². The van der Waals surface area contributed by atoms with Crippen molar-refractivity contribution in [3.63, 3.8) is 0 Å². The van der Waals surface area contributed by atoms with Gasteiger partial charge in [-0.2, -0.15) is 0 Å². The minimum Gasteiger partial charge on any atom is -0.464 e. The van der Waals surface area contributed by atoms with Crippen molar-refractivity contribution in [1.82, 2.24) is 16.0 Å². The second-order valence-electron chi connectivity index (χ2n) is 19.8. The van der Waals surface area contributed by atoms with Crippen LogP contribution in [0.15, 0.2) is 48.5 Å². The van der Waals surface area contributed by atoms with Gasteiger partial charge in [-0.3, -0.25) is 9.59 Å². The summed E-state index contributed by atoms with van der Waals surface area (Å²) in [4.78, 5) is 51.3.